The van der Waals surface area contributed by atoms with E-state index in [1.807, 2.05) is 18.2 Å². The summed E-state index contributed by atoms with van der Waals surface area (Å²) >= 11 is 5.27. The van der Waals surface area contributed by atoms with Crippen LogP contribution in [0.5, 0.6) is 0 Å². The minimum absolute atomic E-state index is 0.402. The van der Waals surface area contributed by atoms with Crippen LogP contribution in [0.15, 0.2) is 33.6 Å². The normalized spacial score (nSPS) is 12.1. The molecular weight excluding hydrogens is 258 g/mol. The van der Waals surface area contributed by atoms with Crippen molar-refractivity contribution in [1.82, 2.24) is 0 Å². The van der Waals surface area contributed by atoms with Crippen molar-refractivity contribution in [2.24, 2.45) is 0 Å². The van der Waals surface area contributed by atoms with Crippen LogP contribution in [0, 0.1) is 11.3 Å². The first kappa shape index (κ1) is 11.6. The zero-order valence-electron chi connectivity index (χ0n) is 8.03. The molecule has 1 aromatic rings. The van der Waals surface area contributed by atoms with Gasteiger partial charge in [-0.3, -0.25) is 0 Å². The number of benzene rings is 1. The fraction of sp³-hybridized carbons (Fsp3) is 0.364. The largest absolute Gasteiger partial charge is 0.198 e. The van der Waals surface area contributed by atoms with E-state index in [0.717, 1.165) is 10.9 Å². The van der Waals surface area contributed by atoms with Crippen molar-refractivity contribution in [2.75, 3.05) is 0 Å². The van der Waals surface area contributed by atoms with Crippen molar-refractivity contribution in [3.8, 4) is 6.07 Å². The van der Waals surface area contributed by atoms with Gasteiger partial charge in [0, 0.05) is 21.0 Å². The Hall–Kier alpha value is -0.460. The highest BCUT2D eigenvalue weighted by Crippen LogP contribution is 2.32. The monoisotopic (exact) mass is 269 g/mol. The van der Waals surface area contributed by atoms with Gasteiger partial charge in [0.25, 0.3) is 0 Å². The highest BCUT2D eigenvalue weighted by Gasteiger charge is 2.09. The first-order chi connectivity index (χ1) is 6.77. The minimum atomic E-state index is 0.402. The Morgan fingerprint density at radius 1 is 1.50 bits per heavy atom. The van der Waals surface area contributed by atoms with Crippen molar-refractivity contribution in [3.63, 3.8) is 0 Å². The van der Waals surface area contributed by atoms with Crippen molar-refractivity contribution in [1.29, 1.82) is 5.26 Å². The van der Waals surface area contributed by atoms with Crippen molar-refractivity contribution < 1.29 is 0 Å². The van der Waals surface area contributed by atoms with Crippen LogP contribution in [0.2, 0.25) is 0 Å². The lowest BCUT2D eigenvalue weighted by molar-refractivity contribution is 0.842. The first-order valence-corrected chi connectivity index (χ1v) is 6.23. The minimum Gasteiger partial charge on any atom is -0.198 e. The van der Waals surface area contributed by atoms with Crippen molar-refractivity contribution >= 4 is 27.7 Å². The number of nitriles is 1. The van der Waals surface area contributed by atoms with E-state index in [9.17, 15) is 0 Å². The smallest absolute Gasteiger partial charge is 0.0633 e. The third-order valence-corrected chi connectivity index (χ3v) is 4.30. The summed E-state index contributed by atoms with van der Waals surface area (Å²) in [6.07, 6.45) is 1.64. The predicted octanol–water partition coefficient (Wildman–Crippen LogP) is 4.23. The van der Waals surface area contributed by atoms with Crippen LogP contribution in [-0.2, 0) is 0 Å². The molecule has 3 heteroatoms. The molecule has 0 aliphatic rings. The van der Waals surface area contributed by atoms with Gasteiger partial charge in [0.05, 0.1) is 6.07 Å². The highest BCUT2D eigenvalue weighted by atomic mass is 79.9. The molecule has 1 atom stereocenters. The Bertz CT molecular complexity index is 332. The van der Waals surface area contributed by atoms with E-state index in [1.165, 1.54) is 4.90 Å². The molecule has 0 saturated heterocycles. The third-order valence-electron chi connectivity index (χ3n) is 1.90. The number of halogens is 1. The number of thioether (sulfide) groups is 1. The molecule has 0 radical (unpaired) electrons. The molecule has 1 nitrogen and oxygen atoms in total. The average Bonchev–Trinajstić information content (AvgIpc) is 2.20. The maximum absolute atomic E-state index is 8.64. The fourth-order valence-corrected chi connectivity index (χ4v) is 2.68. The lowest BCUT2D eigenvalue weighted by Crippen LogP contribution is -1.98. The molecule has 0 N–H and O–H groups in total. The highest BCUT2D eigenvalue weighted by molar-refractivity contribution is 9.10. The van der Waals surface area contributed by atoms with Gasteiger partial charge in [-0.2, -0.15) is 5.26 Å². The molecule has 0 amide bonds. The molecule has 1 rings (SSSR count). The van der Waals surface area contributed by atoms with Crippen molar-refractivity contribution in [2.45, 2.75) is 29.9 Å². The van der Waals surface area contributed by atoms with E-state index in [0.29, 0.717) is 11.7 Å². The summed E-state index contributed by atoms with van der Waals surface area (Å²) in [5.41, 5.74) is 0. The molecule has 0 aliphatic carbocycles. The standard InChI is InChI=1S/C11H12BrNS/c1-2-9(7-8-13)14-11-6-4-3-5-10(11)12/h3-6,9H,2,7H2,1H3. The van der Waals surface area contributed by atoms with Gasteiger partial charge in [0.15, 0.2) is 0 Å². The third kappa shape index (κ3) is 3.36. The topological polar surface area (TPSA) is 23.8 Å². The van der Waals surface area contributed by atoms with Gasteiger partial charge < -0.3 is 0 Å². The second-order valence-electron chi connectivity index (χ2n) is 2.94. The second-order valence-corrected chi connectivity index (χ2v) is 5.14. The number of rotatable bonds is 4. The molecule has 1 unspecified atom stereocenters. The Morgan fingerprint density at radius 3 is 2.79 bits per heavy atom. The van der Waals surface area contributed by atoms with E-state index in [2.05, 4.69) is 35.0 Å². The summed E-state index contributed by atoms with van der Waals surface area (Å²) in [7, 11) is 0. The average molecular weight is 270 g/mol. The lowest BCUT2D eigenvalue weighted by atomic mass is 10.3. The Morgan fingerprint density at radius 2 is 2.21 bits per heavy atom. The Labute approximate surface area is 97.6 Å². The van der Waals surface area contributed by atoms with Crippen LogP contribution in [0.4, 0.5) is 0 Å². The van der Waals surface area contributed by atoms with E-state index in [4.69, 9.17) is 5.26 Å². The molecule has 74 valence electrons. The van der Waals surface area contributed by atoms with E-state index in [1.54, 1.807) is 11.8 Å². The fourth-order valence-electron chi connectivity index (χ4n) is 1.09. The molecule has 0 aliphatic heterocycles. The molecule has 0 fully saturated rings. The van der Waals surface area contributed by atoms with Crippen LogP contribution < -0.4 is 0 Å². The molecule has 0 saturated carbocycles. The van der Waals surface area contributed by atoms with Gasteiger partial charge in [-0.25, -0.2) is 0 Å². The van der Waals surface area contributed by atoms with E-state index < -0.39 is 0 Å². The predicted molar refractivity (Wildman–Crippen MR) is 64.3 cm³/mol. The van der Waals surface area contributed by atoms with E-state index >= 15 is 0 Å². The lowest BCUT2D eigenvalue weighted by Gasteiger charge is -2.11. The molecule has 14 heavy (non-hydrogen) atoms. The molecule has 0 heterocycles. The number of nitrogens with zero attached hydrogens (tertiary/aromatic N) is 1. The molecular formula is C11H12BrNS. The quantitative estimate of drug-likeness (QED) is 0.764. The van der Waals surface area contributed by atoms with Gasteiger partial charge in [-0.15, -0.1) is 11.8 Å². The number of hydrogen-bond acceptors (Lipinski definition) is 2. The summed E-state index contributed by atoms with van der Waals surface area (Å²) in [6.45, 7) is 2.12. The zero-order valence-corrected chi connectivity index (χ0v) is 10.4. The van der Waals surface area contributed by atoms with Crippen LogP contribution in [0.1, 0.15) is 19.8 Å². The second kappa shape index (κ2) is 6.10. The van der Waals surface area contributed by atoms with Crippen LogP contribution in [0.25, 0.3) is 0 Å². The van der Waals surface area contributed by atoms with Crippen molar-refractivity contribution in [3.05, 3.63) is 28.7 Å². The summed E-state index contributed by atoms with van der Waals surface area (Å²) in [5, 5.41) is 9.04. The maximum Gasteiger partial charge on any atom is 0.0633 e. The van der Waals surface area contributed by atoms with Gasteiger partial charge in [-0.1, -0.05) is 19.1 Å². The van der Waals surface area contributed by atoms with Gasteiger partial charge in [0.2, 0.25) is 0 Å². The van der Waals surface area contributed by atoms with Crippen LogP contribution >= 0.6 is 27.7 Å². The zero-order chi connectivity index (χ0) is 10.4. The first-order valence-electron chi connectivity index (χ1n) is 4.56. The number of hydrogen-bond donors (Lipinski definition) is 0. The SMILES string of the molecule is CCC(CC#N)Sc1ccccc1Br. The summed E-state index contributed by atoms with van der Waals surface area (Å²) in [6, 6.07) is 10.3. The maximum atomic E-state index is 8.64. The summed E-state index contributed by atoms with van der Waals surface area (Å²) in [5.74, 6) is 0. The van der Waals surface area contributed by atoms with E-state index in [-0.39, 0.29) is 0 Å². The molecule has 0 bridgehead atoms. The van der Waals surface area contributed by atoms with Gasteiger partial charge in [0.1, 0.15) is 0 Å². The van der Waals surface area contributed by atoms with Crippen LogP contribution in [0.3, 0.4) is 0 Å². The summed E-state index contributed by atoms with van der Waals surface area (Å²) in [4.78, 5) is 1.22. The molecule has 1 aromatic carbocycles. The molecule has 0 spiro atoms. The molecule has 0 aromatic heterocycles. The van der Waals surface area contributed by atoms with Gasteiger partial charge in [-0.05, 0) is 34.5 Å². The summed E-state index contributed by atoms with van der Waals surface area (Å²) < 4.78 is 1.11. The Kier molecular flexibility index (Phi) is 5.06. The van der Waals surface area contributed by atoms with Gasteiger partial charge >= 0.3 is 0 Å². The van der Waals surface area contributed by atoms with Crippen LogP contribution in [-0.4, -0.2) is 5.25 Å². The Balaban J connectivity index is 2.68.